The molecule has 0 unspecified atom stereocenters. The zero-order valence-corrected chi connectivity index (χ0v) is 15.6. The average Bonchev–Trinajstić information content (AvgIpc) is 3.01. The molecule has 8 heteroatoms. The maximum Gasteiger partial charge on any atom is 0.271 e. The molecule has 0 radical (unpaired) electrons. The van der Waals surface area contributed by atoms with Crippen molar-refractivity contribution in [1.29, 1.82) is 0 Å². The van der Waals surface area contributed by atoms with Crippen LogP contribution in [0.2, 0.25) is 5.02 Å². The summed E-state index contributed by atoms with van der Waals surface area (Å²) in [7, 11) is 0. The number of nitro groups is 1. The fourth-order valence-electron chi connectivity index (χ4n) is 2.98. The monoisotopic (exact) mass is 387 g/mol. The summed E-state index contributed by atoms with van der Waals surface area (Å²) in [6.07, 6.45) is 0.0747. The molecule has 0 spiro atoms. The first kappa shape index (κ1) is 18.8. The van der Waals surface area contributed by atoms with Gasteiger partial charge in [-0.3, -0.25) is 19.7 Å². The van der Waals surface area contributed by atoms with Crippen molar-refractivity contribution < 1.29 is 14.5 Å². The van der Waals surface area contributed by atoms with Gasteiger partial charge in [-0.1, -0.05) is 23.7 Å². The van der Waals surface area contributed by atoms with Gasteiger partial charge in [0, 0.05) is 35.8 Å². The molecule has 0 aliphatic carbocycles. The highest BCUT2D eigenvalue weighted by Gasteiger charge is 2.35. The van der Waals surface area contributed by atoms with Gasteiger partial charge in [0.05, 0.1) is 16.5 Å². The number of hydrogen-bond donors (Lipinski definition) is 1. The van der Waals surface area contributed by atoms with Crippen molar-refractivity contribution in [1.82, 2.24) is 0 Å². The molecule has 140 valence electrons. The van der Waals surface area contributed by atoms with Crippen LogP contribution in [0.1, 0.15) is 17.5 Å². The first-order valence-corrected chi connectivity index (χ1v) is 8.76. The maximum atomic E-state index is 12.6. The topological polar surface area (TPSA) is 92.6 Å². The Morgan fingerprint density at radius 2 is 1.93 bits per heavy atom. The molecule has 0 saturated carbocycles. The largest absolute Gasteiger partial charge is 0.325 e. The predicted molar refractivity (Wildman–Crippen MR) is 103 cm³/mol. The standard InChI is InChI=1S/C19H18ClN3O4/c1-11-3-5-14(8-16(11)20)22-10-13(7-18(22)24)19(25)21-17-9-15(23(26)27)6-4-12(17)2/h3-6,8-9,13H,7,10H2,1-2H3,(H,21,25)/t13-/m1/s1. The molecule has 27 heavy (non-hydrogen) atoms. The lowest BCUT2D eigenvalue weighted by atomic mass is 10.1. The van der Waals surface area contributed by atoms with Crippen LogP contribution >= 0.6 is 11.6 Å². The number of nitro benzene ring substituents is 1. The normalized spacial score (nSPS) is 16.5. The maximum absolute atomic E-state index is 12.6. The molecule has 1 aliphatic heterocycles. The van der Waals surface area contributed by atoms with E-state index in [1.165, 1.54) is 17.0 Å². The van der Waals surface area contributed by atoms with Crippen LogP contribution in [0.15, 0.2) is 36.4 Å². The number of nitrogens with zero attached hydrogens (tertiary/aromatic N) is 2. The zero-order chi connectivity index (χ0) is 19.7. The molecule has 2 aromatic rings. The van der Waals surface area contributed by atoms with Crippen molar-refractivity contribution in [2.75, 3.05) is 16.8 Å². The van der Waals surface area contributed by atoms with Gasteiger partial charge in [-0.15, -0.1) is 0 Å². The van der Waals surface area contributed by atoms with Crippen LogP contribution in [0, 0.1) is 29.9 Å². The highest BCUT2D eigenvalue weighted by atomic mass is 35.5. The molecule has 2 amide bonds. The number of non-ortho nitro benzene ring substituents is 1. The molecule has 0 bridgehead atoms. The molecule has 1 saturated heterocycles. The number of halogens is 1. The molecule has 0 aromatic heterocycles. The third-order valence-corrected chi connectivity index (χ3v) is 5.06. The van der Waals surface area contributed by atoms with Crippen LogP contribution in [0.25, 0.3) is 0 Å². The van der Waals surface area contributed by atoms with Gasteiger partial charge in [-0.2, -0.15) is 0 Å². The Hall–Kier alpha value is -2.93. The molecule has 1 atom stereocenters. The van der Waals surface area contributed by atoms with Crippen LogP contribution in [0.4, 0.5) is 17.1 Å². The van der Waals surface area contributed by atoms with Crippen LogP contribution in [0.5, 0.6) is 0 Å². The number of anilines is 2. The quantitative estimate of drug-likeness (QED) is 0.636. The van der Waals surface area contributed by atoms with E-state index in [9.17, 15) is 19.7 Å². The minimum atomic E-state index is -0.545. The minimum absolute atomic E-state index is 0.0747. The van der Waals surface area contributed by atoms with Gasteiger partial charge in [0.1, 0.15) is 0 Å². The summed E-state index contributed by atoms with van der Waals surface area (Å²) in [5.74, 6) is -1.05. The Morgan fingerprint density at radius 3 is 2.59 bits per heavy atom. The number of nitrogens with one attached hydrogen (secondary N) is 1. The second kappa shape index (κ2) is 7.36. The number of rotatable bonds is 4. The Morgan fingerprint density at radius 1 is 1.22 bits per heavy atom. The number of carbonyl (C=O) groups excluding carboxylic acids is 2. The molecule has 7 nitrogen and oxygen atoms in total. The van der Waals surface area contributed by atoms with Gasteiger partial charge in [-0.25, -0.2) is 0 Å². The van der Waals surface area contributed by atoms with Crippen molar-refractivity contribution in [3.05, 3.63) is 62.7 Å². The number of aryl methyl sites for hydroxylation is 2. The van der Waals surface area contributed by atoms with Gasteiger partial charge in [0.25, 0.3) is 5.69 Å². The van der Waals surface area contributed by atoms with Gasteiger partial charge in [-0.05, 0) is 37.1 Å². The molecule has 1 fully saturated rings. The summed E-state index contributed by atoms with van der Waals surface area (Å²) >= 11 is 6.13. The van der Waals surface area contributed by atoms with Gasteiger partial charge < -0.3 is 10.2 Å². The van der Waals surface area contributed by atoms with Gasteiger partial charge in [0.15, 0.2) is 0 Å². The molecule has 1 N–H and O–H groups in total. The molecule has 3 rings (SSSR count). The molecule has 1 heterocycles. The Balaban J connectivity index is 1.75. The van der Waals surface area contributed by atoms with E-state index in [0.29, 0.717) is 22.0 Å². The van der Waals surface area contributed by atoms with E-state index in [1.807, 2.05) is 13.0 Å². The first-order chi connectivity index (χ1) is 12.8. The van der Waals surface area contributed by atoms with Crippen LogP contribution in [-0.4, -0.2) is 23.3 Å². The number of benzene rings is 2. The highest BCUT2D eigenvalue weighted by Crippen LogP contribution is 2.30. The van der Waals surface area contributed by atoms with Crippen molar-refractivity contribution in [2.24, 2.45) is 5.92 Å². The van der Waals surface area contributed by atoms with Gasteiger partial charge in [0.2, 0.25) is 11.8 Å². The second-order valence-corrected chi connectivity index (χ2v) is 6.99. The van der Waals surface area contributed by atoms with Crippen LogP contribution < -0.4 is 10.2 Å². The Bertz CT molecular complexity index is 945. The lowest BCUT2D eigenvalue weighted by molar-refractivity contribution is -0.384. The molecule has 2 aromatic carbocycles. The smallest absolute Gasteiger partial charge is 0.271 e. The third kappa shape index (κ3) is 3.93. The van der Waals surface area contributed by atoms with E-state index < -0.39 is 10.8 Å². The van der Waals surface area contributed by atoms with Crippen LogP contribution in [0.3, 0.4) is 0 Å². The summed E-state index contributed by atoms with van der Waals surface area (Å²) in [4.78, 5) is 36.9. The summed E-state index contributed by atoms with van der Waals surface area (Å²) in [6, 6.07) is 9.61. The molecule has 1 aliphatic rings. The predicted octanol–water partition coefficient (Wildman–Crippen LogP) is 3.86. The van der Waals surface area contributed by atoms with E-state index in [4.69, 9.17) is 11.6 Å². The fourth-order valence-corrected chi connectivity index (χ4v) is 3.15. The van der Waals surface area contributed by atoms with Crippen molar-refractivity contribution in [3.63, 3.8) is 0 Å². The third-order valence-electron chi connectivity index (χ3n) is 4.65. The number of amides is 2. The molecular formula is C19H18ClN3O4. The van der Waals surface area contributed by atoms with Gasteiger partial charge >= 0.3 is 0 Å². The number of carbonyl (C=O) groups is 2. The lowest BCUT2D eigenvalue weighted by Crippen LogP contribution is -2.28. The van der Waals surface area contributed by atoms with E-state index in [0.717, 1.165) is 5.56 Å². The highest BCUT2D eigenvalue weighted by molar-refractivity contribution is 6.31. The van der Waals surface area contributed by atoms with Crippen molar-refractivity contribution in [3.8, 4) is 0 Å². The van der Waals surface area contributed by atoms with E-state index in [2.05, 4.69) is 5.32 Å². The van der Waals surface area contributed by atoms with Crippen molar-refractivity contribution >= 4 is 40.5 Å². The Kier molecular flexibility index (Phi) is 5.14. The summed E-state index contributed by atoms with van der Waals surface area (Å²) < 4.78 is 0. The Labute approximate surface area is 161 Å². The van der Waals surface area contributed by atoms with E-state index >= 15 is 0 Å². The minimum Gasteiger partial charge on any atom is -0.325 e. The van der Waals surface area contributed by atoms with Crippen LogP contribution in [-0.2, 0) is 9.59 Å². The second-order valence-electron chi connectivity index (χ2n) is 6.58. The lowest BCUT2D eigenvalue weighted by Gasteiger charge is -2.18. The molecular weight excluding hydrogens is 370 g/mol. The van der Waals surface area contributed by atoms with E-state index in [-0.39, 0.29) is 30.5 Å². The fraction of sp³-hybridized carbons (Fsp3) is 0.263. The SMILES string of the molecule is Cc1ccc(N2C[C@H](C(=O)Nc3cc([N+](=O)[O-])ccc3C)CC2=O)cc1Cl. The average molecular weight is 388 g/mol. The zero-order valence-electron chi connectivity index (χ0n) is 14.9. The first-order valence-electron chi connectivity index (χ1n) is 8.38. The summed E-state index contributed by atoms with van der Waals surface area (Å²) in [5, 5.41) is 14.2. The van der Waals surface area contributed by atoms with Crippen molar-refractivity contribution in [2.45, 2.75) is 20.3 Å². The summed E-state index contributed by atoms with van der Waals surface area (Å²) in [6.45, 7) is 3.85. The number of hydrogen-bond acceptors (Lipinski definition) is 4. The van der Waals surface area contributed by atoms with E-state index in [1.54, 1.807) is 25.1 Å². The summed E-state index contributed by atoms with van der Waals surface area (Å²) in [5.41, 5.74) is 2.54.